The third kappa shape index (κ3) is 2.56. The summed E-state index contributed by atoms with van der Waals surface area (Å²) in [5.74, 6) is 0.0995. The van der Waals surface area contributed by atoms with Crippen LogP contribution < -0.4 is 0 Å². The van der Waals surface area contributed by atoms with Crippen molar-refractivity contribution in [2.75, 3.05) is 0 Å². The fraction of sp³-hybridized carbons (Fsp3) is 0.308. The highest BCUT2D eigenvalue weighted by Gasteiger charge is 2.01. The first-order valence-corrected chi connectivity index (χ1v) is 4.77. The summed E-state index contributed by atoms with van der Waals surface area (Å²) in [7, 11) is 0. The number of allylic oxidation sites excluding steroid dienone is 2. The van der Waals surface area contributed by atoms with E-state index in [9.17, 15) is 4.79 Å². The Hall–Kier alpha value is -1.37. The highest BCUT2D eigenvalue weighted by molar-refractivity contribution is 5.94. The molecule has 0 atom stereocenters. The van der Waals surface area contributed by atoms with Crippen LogP contribution >= 0.6 is 0 Å². The summed E-state index contributed by atoms with van der Waals surface area (Å²) in [5, 5.41) is 0. The van der Waals surface area contributed by atoms with E-state index in [0.717, 1.165) is 11.1 Å². The molecule has 1 nitrogen and oxygen atoms in total. The van der Waals surface area contributed by atoms with Gasteiger partial charge in [0.2, 0.25) is 0 Å². The predicted molar refractivity (Wildman–Crippen MR) is 60.2 cm³/mol. The van der Waals surface area contributed by atoms with Gasteiger partial charge in [-0.3, -0.25) is 4.79 Å². The third-order valence-corrected chi connectivity index (χ3v) is 2.23. The van der Waals surface area contributed by atoms with Crippen LogP contribution in [0, 0.1) is 13.8 Å². The van der Waals surface area contributed by atoms with Crippen molar-refractivity contribution in [3.05, 3.63) is 41.0 Å². The SMILES string of the molecule is CC(=O)/C=C(/C)c1ccc(C)cc1C. The van der Waals surface area contributed by atoms with E-state index in [4.69, 9.17) is 0 Å². The molecule has 1 aromatic carbocycles. The van der Waals surface area contributed by atoms with Gasteiger partial charge in [-0.2, -0.15) is 0 Å². The topological polar surface area (TPSA) is 17.1 Å². The predicted octanol–water partition coefficient (Wildman–Crippen LogP) is 3.30. The lowest BCUT2D eigenvalue weighted by atomic mass is 9.99. The Balaban J connectivity index is 3.14. The van der Waals surface area contributed by atoms with Gasteiger partial charge in [-0.15, -0.1) is 0 Å². The van der Waals surface area contributed by atoms with Crippen LogP contribution in [0.2, 0.25) is 0 Å². The van der Waals surface area contributed by atoms with Crippen molar-refractivity contribution >= 4 is 11.4 Å². The molecule has 0 aliphatic rings. The molecule has 0 amide bonds. The van der Waals surface area contributed by atoms with E-state index >= 15 is 0 Å². The van der Waals surface area contributed by atoms with E-state index in [1.165, 1.54) is 11.1 Å². The fourth-order valence-corrected chi connectivity index (χ4v) is 1.64. The zero-order valence-electron chi connectivity index (χ0n) is 9.22. The molecule has 0 saturated carbocycles. The first-order chi connectivity index (χ1) is 6.50. The highest BCUT2D eigenvalue weighted by Crippen LogP contribution is 2.19. The minimum Gasteiger partial charge on any atom is -0.295 e. The number of hydrogen-bond acceptors (Lipinski definition) is 1. The van der Waals surface area contributed by atoms with Gasteiger partial charge in [0.25, 0.3) is 0 Å². The van der Waals surface area contributed by atoms with Crippen LogP contribution in [0.15, 0.2) is 24.3 Å². The molecule has 1 heteroatoms. The van der Waals surface area contributed by atoms with E-state index in [-0.39, 0.29) is 5.78 Å². The molecular weight excluding hydrogens is 172 g/mol. The van der Waals surface area contributed by atoms with E-state index in [1.54, 1.807) is 13.0 Å². The second-order valence-corrected chi connectivity index (χ2v) is 3.76. The molecule has 0 N–H and O–H groups in total. The Bertz CT molecular complexity index is 386. The van der Waals surface area contributed by atoms with Crippen LogP contribution in [0.4, 0.5) is 0 Å². The molecule has 0 saturated heterocycles. The van der Waals surface area contributed by atoms with Crippen LogP contribution in [-0.4, -0.2) is 5.78 Å². The first kappa shape index (κ1) is 10.7. The Labute approximate surface area is 85.5 Å². The summed E-state index contributed by atoms with van der Waals surface area (Å²) in [6.45, 7) is 7.69. The molecular formula is C13H16O. The maximum atomic E-state index is 10.9. The van der Waals surface area contributed by atoms with Crippen molar-refractivity contribution in [2.45, 2.75) is 27.7 Å². The number of carbonyl (C=O) groups excluding carboxylic acids is 1. The van der Waals surface area contributed by atoms with Crippen LogP contribution in [0.1, 0.15) is 30.5 Å². The van der Waals surface area contributed by atoms with Crippen LogP contribution in [0.25, 0.3) is 5.57 Å². The van der Waals surface area contributed by atoms with Gasteiger partial charge < -0.3 is 0 Å². The van der Waals surface area contributed by atoms with Crippen molar-refractivity contribution in [3.63, 3.8) is 0 Å². The van der Waals surface area contributed by atoms with Gasteiger partial charge in [0.1, 0.15) is 0 Å². The van der Waals surface area contributed by atoms with Crippen molar-refractivity contribution < 1.29 is 4.79 Å². The van der Waals surface area contributed by atoms with Gasteiger partial charge in [-0.05, 0) is 50.5 Å². The lowest BCUT2D eigenvalue weighted by Crippen LogP contribution is -1.90. The van der Waals surface area contributed by atoms with Gasteiger partial charge in [0, 0.05) is 0 Å². The number of aryl methyl sites for hydroxylation is 2. The van der Waals surface area contributed by atoms with Crippen molar-refractivity contribution in [2.24, 2.45) is 0 Å². The minimum atomic E-state index is 0.0995. The Kier molecular flexibility index (Phi) is 3.23. The van der Waals surface area contributed by atoms with E-state index in [2.05, 4.69) is 32.0 Å². The number of rotatable bonds is 2. The Morgan fingerprint density at radius 1 is 1.21 bits per heavy atom. The second-order valence-electron chi connectivity index (χ2n) is 3.76. The molecule has 1 aromatic rings. The minimum absolute atomic E-state index is 0.0995. The zero-order valence-corrected chi connectivity index (χ0v) is 9.22. The molecule has 1 rings (SSSR count). The third-order valence-electron chi connectivity index (χ3n) is 2.23. The van der Waals surface area contributed by atoms with E-state index < -0.39 is 0 Å². The van der Waals surface area contributed by atoms with Gasteiger partial charge in [-0.25, -0.2) is 0 Å². The zero-order chi connectivity index (χ0) is 10.7. The molecule has 0 unspecified atom stereocenters. The summed E-state index contributed by atoms with van der Waals surface area (Å²) in [5.41, 5.74) is 4.67. The van der Waals surface area contributed by atoms with E-state index in [1.807, 2.05) is 6.92 Å². The Morgan fingerprint density at radius 3 is 2.36 bits per heavy atom. The van der Waals surface area contributed by atoms with Gasteiger partial charge in [0.05, 0.1) is 0 Å². The fourth-order valence-electron chi connectivity index (χ4n) is 1.64. The summed E-state index contributed by atoms with van der Waals surface area (Å²) in [6.07, 6.45) is 1.68. The molecule has 0 aliphatic heterocycles. The van der Waals surface area contributed by atoms with Crippen LogP contribution in [0.5, 0.6) is 0 Å². The molecule has 14 heavy (non-hydrogen) atoms. The van der Waals surface area contributed by atoms with Crippen LogP contribution in [0.3, 0.4) is 0 Å². The van der Waals surface area contributed by atoms with Crippen molar-refractivity contribution in [3.8, 4) is 0 Å². The van der Waals surface area contributed by atoms with Gasteiger partial charge >= 0.3 is 0 Å². The molecule has 0 heterocycles. The van der Waals surface area contributed by atoms with Gasteiger partial charge in [-0.1, -0.05) is 23.8 Å². The molecule has 0 spiro atoms. The first-order valence-electron chi connectivity index (χ1n) is 4.77. The lowest BCUT2D eigenvalue weighted by Gasteiger charge is -2.06. The quantitative estimate of drug-likeness (QED) is 0.651. The molecule has 74 valence electrons. The van der Waals surface area contributed by atoms with Crippen LogP contribution in [-0.2, 0) is 4.79 Å². The van der Waals surface area contributed by atoms with E-state index in [0.29, 0.717) is 0 Å². The van der Waals surface area contributed by atoms with Gasteiger partial charge in [0.15, 0.2) is 5.78 Å². The summed E-state index contributed by atoms with van der Waals surface area (Å²) >= 11 is 0. The maximum Gasteiger partial charge on any atom is 0.152 e. The van der Waals surface area contributed by atoms with Crippen molar-refractivity contribution in [1.82, 2.24) is 0 Å². The normalized spacial score (nSPS) is 11.6. The maximum absolute atomic E-state index is 10.9. The largest absolute Gasteiger partial charge is 0.295 e. The lowest BCUT2D eigenvalue weighted by molar-refractivity contribution is -0.112. The van der Waals surface area contributed by atoms with Crippen molar-refractivity contribution in [1.29, 1.82) is 0 Å². The summed E-state index contributed by atoms with van der Waals surface area (Å²) in [6, 6.07) is 6.27. The average Bonchev–Trinajstić information content (AvgIpc) is 2.01. The monoisotopic (exact) mass is 188 g/mol. The highest BCUT2D eigenvalue weighted by atomic mass is 16.1. The Morgan fingerprint density at radius 2 is 1.86 bits per heavy atom. The molecule has 0 bridgehead atoms. The molecule has 0 aliphatic carbocycles. The number of hydrogen-bond donors (Lipinski definition) is 0. The summed E-state index contributed by atoms with van der Waals surface area (Å²) in [4.78, 5) is 10.9. The molecule has 0 fully saturated rings. The molecule has 0 aromatic heterocycles. The molecule has 0 radical (unpaired) electrons. The second kappa shape index (κ2) is 4.23. The number of benzene rings is 1. The number of carbonyl (C=O) groups is 1. The summed E-state index contributed by atoms with van der Waals surface area (Å²) < 4.78 is 0. The average molecular weight is 188 g/mol. The number of ketones is 1. The smallest absolute Gasteiger partial charge is 0.152 e. The standard InChI is InChI=1S/C13H16O/c1-9-5-6-13(10(2)7-9)11(3)8-12(4)14/h5-8H,1-4H3/b11-8-.